The summed E-state index contributed by atoms with van der Waals surface area (Å²) in [4.78, 5) is 0. The molecule has 0 aliphatic rings. The predicted octanol–water partition coefficient (Wildman–Crippen LogP) is 2.12. The summed E-state index contributed by atoms with van der Waals surface area (Å²) < 4.78 is 0. The van der Waals surface area contributed by atoms with Crippen molar-refractivity contribution in [2.24, 2.45) is 0 Å². The van der Waals surface area contributed by atoms with Crippen LogP contribution in [0.5, 0.6) is 0 Å². The van der Waals surface area contributed by atoms with E-state index in [1.54, 1.807) is 0 Å². The Labute approximate surface area is 68.4 Å². The lowest BCUT2D eigenvalue weighted by Crippen LogP contribution is -1.85. The van der Waals surface area contributed by atoms with Crippen LogP contribution in [-0.2, 0) is 6.42 Å². The molecule has 0 saturated carbocycles. The molecule has 1 nitrogen and oxygen atoms in total. The molecule has 62 valence electrons. The molecule has 0 saturated heterocycles. The Morgan fingerprint density at radius 1 is 1.18 bits per heavy atom. The first-order valence-corrected chi connectivity index (χ1v) is 3.89. The maximum Gasteiger partial charge on any atom is -0.0279 e. The van der Waals surface area contributed by atoms with Crippen molar-refractivity contribution in [1.82, 2.24) is 0 Å². The summed E-state index contributed by atoms with van der Waals surface area (Å²) >= 11 is 0. The van der Waals surface area contributed by atoms with Gasteiger partial charge in [0.1, 0.15) is 0 Å². The zero-order valence-electron chi connectivity index (χ0n) is 7.22. The molecule has 0 bridgehead atoms. The second kappa shape index (κ2) is 4.91. The predicted molar refractivity (Wildman–Crippen MR) is 48.8 cm³/mol. The highest BCUT2D eigenvalue weighted by Crippen LogP contribution is 2.08. The van der Waals surface area contributed by atoms with Gasteiger partial charge in [-0.25, -0.2) is 0 Å². The molecule has 0 atom stereocenters. The zero-order valence-corrected chi connectivity index (χ0v) is 7.22. The van der Waals surface area contributed by atoms with Crippen molar-refractivity contribution in [3.63, 3.8) is 0 Å². The summed E-state index contributed by atoms with van der Waals surface area (Å²) in [7, 11) is 0. The maximum absolute atomic E-state index is 2.21. The minimum Gasteiger partial charge on any atom is -0.412 e. The molecule has 2 N–H and O–H groups in total. The van der Waals surface area contributed by atoms with Gasteiger partial charge in [0.2, 0.25) is 0 Å². The molecule has 0 fully saturated rings. The van der Waals surface area contributed by atoms with Crippen molar-refractivity contribution in [3.05, 3.63) is 35.4 Å². The van der Waals surface area contributed by atoms with Crippen LogP contribution in [0.15, 0.2) is 24.3 Å². The fourth-order valence-corrected chi connectivity index (χ4v) is 1.16. The van der Waals surface area contributed by atoms with Gasteiger partial charge in [0, 0.05) is 0 Å². The maximum atomic E-state index is 2.21. The second-order valence-corrected chi connectivity index (χ2v) is 2.68. The van der Waals surface area contributed by atoms with E-state index in [9.17, 15) is 0 Å². The lowest BCUT2D eigenvalue weighted by atomic mass is 10.1. The third kappa shape index (κ3) is 2.72. The number of aryl methyl sites for hydroxylation is 2. The summed E-state index contributed by atoms with van der Waals surface area (Å²) in [6.45, 7) is 4.39. The monoisotopic (exact) mass is 152 g/mol. The molecule has 0 aromatic heterocycles. The van der Waals surface area contributed by atoms with Crippen LogP contribution in [0, 0.1) is 6.92 Å². The molecule has 1 rings (SSSR count). The van der Waals surface area contributed by atoms with Gasteiger partial charge in [0.15, 0.2) is 0 Å². The lowest BCUT2D eigenvalue weighted by molar-refractivity contribution is 0.824. The van der Waals surface area contributed by atoms with Crippen LogP contribution in [0.1, 0.15) is 24.5 Å². The summed E-state index contributed by atoms with van der Waals surface area (Å²) in [5.74, 6) is 0. The quantitative estimate of drug-likeness (QED) is 0.621. The van der Waals surface area contributed by atoms with E-state index in [-0.39, 0.29) is 5.48 Å². The highest BCUT2D eigenvalue weighted by atomic mass is 16.0. The van der Waals surface area contributed by atoms with Crippen molar-refractivity contribution in [3.8, 4) is 0 Å². The summed E-state index contributed by atoms with van der Waals surface area (Å²) in [5.41, 5.74) is 2.91. The van der Waals surface area contributed by atoms with Crippen LogP contribution < -0.4 is 0 Å². The molecular weight excluding hydrogens is 136 g/mol. The van der Waals surface area contributed by atoms with Crippen molar-refractivity contribution in [1.29, 1.82) is 0 Å². The van der Waals surface area contributed by atoms with Gasteiger partial charge in [-0.3, -0.25) is 0 Å². The Balaban J connectivity index is 0.000001000. The Morgan fingerprint density at radius 2 is 1.82 bits per heavy atom. The first-order chi connectivity index (χ1) is 4.84. The van der Waals surface area contributed by atoms with Crippen LogP contribution in [0.3, 0.4) is 0 Å². The molecule has 0 spiro atoms. The molecule has 0 amide bonds. The minimum absolute atomic E-state index is 0. The number of hydrogen-bond donors (Lipinski definition) is 0. The van der Waals surface area contributed by atoms with Crippen molar-refractivity contribution < 1.29 is 5.48 Å². The second-order valence-electron chi connectivity index (χ2n) is 2.68. The van der Waals surface area contributed by atoms with Gasteiger partial charge in [-0.15, -0.1) is 0 Å². The molecule has 0 heterocycles. The van der Waals surface area contributed by atoms with Crippen molar-refractivity contribution >= 4 is 0 Å². The third-order valence-electron chi connectivity index (χ3n) is 1.78. The van der Waals surface area contributed by atoms with Gasteiger partial charge in [-0.05, 0) is 24.5 Å². The zero-order chi connectivity index (χ0) is 7.40. The van der Waals surface area contributed by atoms with E-state index in [0.717, 1.165) is 0 Å². The van der Waals surface area contributed by atoms with E-state index in [1.807, 2.05) is 0 Å². The first-order valence-electron chi connectivity index (χ1n) is 3.89. The van der Waals surface area contributed by atoms with Gasteiger partial charge < -0.3 is 5.48 Å². The van der Waals surface area contributed by atoms with E-state index in [4.69, 9.17) is 0 Å². The Kier molecular flexibility index (Phi) is 4.55. The first kappa shape index (κ1) is 10.2. The highest BCUT2D eigenvalue weighted by molar-refractivity contribution is 5.25. The number of benzene rings is 1. The Bertz CT molecular complexity index is 206. The normalized spacial score (nSPS) is 8.91. The molecule has 0 radical (unpaired) electrons. The molecule has 11 heavy (non-hydrogen) atoms. The average Bonchev–Trinajstić information content (AvgIpc) is 1.94. The van der Waals surface area contributed by atoms with Crippen LogP contribution in [0.25, 0.3) is 0 Å². The Hall–Kier alpha value is -0.820. The lowest BCUT2D eigenvalue weighted by Gasteiger charge is -2.01. The fraction of sp³-hybridized carbons (Fsp3) is 0.400. The smallest absolute Gasteiger partial charge is 0.0279 e. The van der Waals surface area contributed by atoms with Crippen LogP contribution in [-0.4, -0.2) is 5.48 Å². The van der Waals surface area contributed by atoms with E-state index < -0.39 is 0 Å². The van der Waals surface area contributed by atoms with Crippen molar-refractivity contribution in [2.45, 2.75) is 26.7 Å². The Morgan fingerprint density at radius 3 is 2.36 bits per heavy atom. The largest absolute Gasteiger partial charge is 0.412 e. The third-order valence-corrected chi connectivity index (χ3v) is 1.78. The van der Waals surface area contributed by atoms with Gasteiger partial charge in [0.25, 0.3) is 0 Å². The number of rotatable bonds is 2. The SMILES string of the molecule is CCCc1ccccc1C.O. The van der Waals surface area contributed by atoms with Gasteiger partial charge in [-0.2, -0.15) is 0 Å². The molecule has 0 unspecified atom stereocenters. The molecule has 1 aromatic rings. The van der Waals surface area contributed by atoms with Crippen LogP contribution in [0.4, 0.5) is 0 Å². The van der Waals surface area contributed by atoms with E-state index >= 15 is 0 Å². The van der Waals surface area contributed by atoms with E-state index in [1.165, 1.54) is 24.0 Å². The standard InChI is InChI=1S/C10H14.H2O/c1-3-6-10-8-5-4-7-9(10)2;/h4-5,7-8H,3,6H2,1-2H3;1H2. The fourth-order valence-electron chi connectivity index (χ4n) is 1.16. The topological polar surface area (TPSA) is 31.5 Å². The van der Waals surface area contributed by atoms with Gasteiger partial charge in [-0.1, -0.05) is 37.6 Å². The summed E-state index contributed by atoms with van der Waals surface area (Å²) in [6, 6.07) is 8.58. The minimum atomic E-state index is 0. The van der Waals surface area contributed by atoms with Gasteiger partial charge >= 0.3 is 0 Å². The highest BCUT2D eigenvalue weighted by Gasteiger charge is 1.92. The summed E-state index contributed by atoms with van der Waals surface area (Å²) in [5, 5.41) is 0. The molecule has 0 aliphatic carbocycles. The van der Waals surface area contributed by atoms with E-state index in [2.05, 4.69) is 38.1 Å². The van der Waals surface area contributed by atoms with Crippen molar-refractivity contribution in [2.75, 3.05) is 0 Å². The van der Waals surface area contributed by atoms with E-state index in [0.29, 0.717) is 0 Å². The molecule has 0 aliphatic heterocycles. The average molecular weight is 152 g/mol. The summed E-state index contributed by atoms with van der Waals surface area (Å²) in [6.07, 6.45) is 2.46. The molecule has 1 heteroatoms. The molecular formula is C10H16O. The van der Waals surface area contributed by atoms with Crippen LogP contribution in [0.2, 0.25) is 0 Å². The van der Waals surface area contributed by atoms with Crippen LogP contribution >= 0.6 is 0 Å². The molecule has 1 aromatic carbocycles. The number of hydrogen-bond acceptors (Lipinski definition) is 0. The van der Waals surface area contributed by atoms with Gasteiger partial charge in [0.05, 0.1) is 0 Å².